The Labute approximate surface area is 239 Å². The molecule has 10 rings (SSSR count). The third-order valence-electron chi connectivity index (χ3n) is 9.74. The molecule has 0 aliphatic carbocycles. The quantitative estimate of drug-likeness (QED) is 0.361. The van der Waals surface area contributed by atoms with E-state index in [0.717, 1.165) is 60.9 Å². The maximum absolute atomic E-state index is 9.81. The van der Waals surface area contributed by atoms with Crippen LogP contribution in [0.5, 0.6) is 5.88 Å². The lowest BCUT2D eigenvalue weighted by molar-refractivity contribution is -0.00876. The number of ether oxygens (including phenoxy) is 1. The van der Waals surface area contributed by atoms with Crippen LogP contribution in [0.4, 0.5) is 11.5 Å². The number of fused-ring (bicyclic) bond motifs is 5. The van der Waals surface area contributed by atoms with Crippen LogP contribution in [0.3, 0.4) is 0 Å². The van der Waals surface area contributed by atoms with Gasteiger partial charge in [-0.3, -0.25) is 9.80 Å². The Hall–Kier alpha value is -4.20. The normalized spacial score (nSPS) is 25.5. The average Bonchev–Trinajstić information content (AvgIpc) is 3.46. The van der Waals surface area contributed by atoms with Crippen molar-refractivity contribution in [3.05, 3.63) is 66.2 Å². The Morgan fingerprint density at radius 1 is 0.927 bits per heavy atom. The number of nitriles is 1. The molecule has 4 aromatic rings. The van der Waals surface area contributed by atoms with Crippen molar-refractivity contribution in [2.45, 2.75) is 43.6 Å². The zero-order chi connectivity index (χ0) is 27.7. The van der Waals surface area contributed by atoms with Crippen molar-refractivity contribution in [2.24, 2.45) is 0 Å². The van der Waals surface area contributed by atoms with E-state index in [1.807, 2.05) is 23.0 Å². The van der Waals surface area contributed by atoms with Crippen molar-refractivity contribution in [1.82, 2.24) is 29.4 Å². The minimum absolute atomic E-state index is 0.522. The number of methoxy groups -OCH3 is 1. The molecule has 10 heteroatoms. The van der Waals surface area contributed by atoms with Gasteiger partial charge in [0.15, 0.2) is 0 Å². The number of piperazine rings is 2. The number of aromatic nitrogens is 4. The molecule has 4 bridgehead atoms. The Morgan fingerprint density at radius 2 is 1.71 bits per heavy atom. The highest BCUT2D eigenvalue weighted by Crippen LogP contribution is 2.38. The van der Waals surface area contributed by atoms with E-state index in [-0.39, 0.29) is 0 Å². The van der Waals surface area contributed by atoms with Crippen LogP contribution < -0.4 is 14.5 Å². The summed E-state index contributed by atoms with van der Waals surface area (Å²) in [5.74, 6) is 1.66. The molecule has 10 nitrogen and oxygen atoms in total. The van der Waals surface area contributed by atoms with Crippen LogP contribution >= 0.6 is 0 Å². The van der Waals surface area contributed by atoms with Crippen molar-refractivity contribution in [3.63, 3.8) is 0 Å². The summed E-state index contributed by atoms with van der Waals surface area (Å²) in [5.41, 5.74) is 5.80. The largest absolute Gasteiger partial charge is 0.481 e. The molecule has 4 atom stereocenters. The van der Waals surface area contributed by atoms with Crippen molar-refractivity contribution in [3.8, 4) is 23.1 Å². The molecule has 0 radical (unpaired) electrons. The molecule has 10 heterocycles. The van der Waals surface area contributed by atoms with E-state index >= 15 is 0 Å². The second-order valence-electron chi connectivity index (χ2n) is 11.9. The summed E-state index contributed by atoms with van der Waals surface area (Å²) in [5, 5.41) is 14.4. The number of hydrogen-bond donors (Lipinski definition) is 0. The molecule has 0 aromatic carbocycles. The SMILES string of the molecule is COc1ccc(CN2C3CC2CN(c2ccc(-c4cc(N5CC6CC(C5)N6C)cn5ncc(C#N)c45)cn2)C3)cn1. The van der Waals surface area contributed by atoms with Gasteiger partial charge < -0.3 is 14.5 Å². The van der Waals surface area contributed by atoms with Gasteiger partial charge >= 0.3 is 0 Å². The Kier molecular flexibility index (Phi) is 5.66. The minimum atomic E-state index is 0.522. The fourth-order valence-electron chi connectivity index (χ4n) is 7.29. The summed E-state index contributed by atoms with van der Waals surface area (Å²) >= 11 is 0. The molecular weight excluding hydrogens is 514 g/mol. The summed E-state index contributed by atoms with van der Waals surface area (Å²) in [6.45, 7) is 4.90. The Bertz CT molecular complexity index is 1620. The number of nitrogens with zero attached hydrogens (tertiary/aromatic N) is 9. The lowest BCUT2D eigenvalue weighted by Gasteiger charge is -2.56. The summed E-state index contributed by atoms with van der Waals surface area (Å²) < 4.78 is 7.07. The Morgan fingerprint density at radius 3 is 2.37 bits per heavy atom. The third-order valence-corrected chi connectivity index (χ3v) is 9.74. The van der Waals surface area contributed by atoms with E-state index in [0.29, 0.717) is 35.6 Å². The van der Waals surface area contributed by atoms with Crippen molar-refractivity contribution in [2.75, 3.05) is 50.1 Å². The maximum atomic E-state index is 9.81. The van der Waals surface area contributed by atoms with Gasteiger partial charge in [-0.2, -0.15) is 10.4 Å². The van der Waals surface area contributed by atoms with Gasteiger partial charge in [0.25, 0.3) is 0 Å². The molecule has 0 saturated carbocycles. The van der Waals surface area contributed by atoms with E-state index < -0.39 is 0 Å². The number of likely N-dealkylation sites (N-methyl/N-ethyl adjacent to an activating group) is 1. The molecular formula is C31H33N9O. The molecule has 6 aliphatic heterocycles. The minimum Gasteiger partial charge on any atom is -0.481 e. The zero-order valence-electron chi connectivity index (χ0n) is 23.4. The molecule has 0 spiro atoms. The lowest BCUT2D eigenvalue weighted by atomic mass is 9.87. The van der Waals surface area contributed by atoms with Crippen LogP contribution in [-0.2, 0) is 6.54 Å². The second-order valence-corrected chi connectivity index (χ2v) is 11.9. The first kappa shape index (κ1) is 24.6. The first-order valence-electron chi connectivity index (χ1n) is 14.4. The molecule has 6 fully saturated rings. The second kappa shape index (κ2) is 9.43. The predicted octanol–water partition coefficient (Wildman–Crippen LogP) is 3.03. The Balaban J connectivity index is 1.02. The molecule has 4 aromatic heterocycles. The van der Waals surface area contributed by atoms with Crippen molar-refractivity contribution >= 4 is 17.0 Å². The highest BCUT2D eigenvalue weighted by molar-refractivity contribution is 5.86. The van der Waals surface area contributed by atoms with E-state index in [4.69, 9.17) is 9.72 Å². The highest BCUT2D eigenvalue weighted by atomic mass is 16.5. The number of piperidine rings is 2. The smallest absolute Gasteiger partial charge is 0.212 e. The van der Waals surface area contributed by atoms with Gasteiger partial charge in [0.05, 0.1) is 36.3 Å². The summed E-state index contributed by atoms with van der Waals surface area (Å²) in [6.07, 6.45) is 10.1. The topological polar surface area (TPSA) is 89.1 Å². The van der Waals surface area contributed by atoms with Crippen LogP contribution in [0.1, 0.15) is 24.0 Å². The van der Waals surface area contributed by atoms with Gasteiger partial charge in [0.1, 0.15) is 11.9 Å². The summed E-state index contributed by atoms with van der Waals surface area (Å²) in [6, 6.07) is 15.1. The van der Waals surface area contributed by atoms with E-state index in [2.05, 4.69) is 73.3 Å². The highest BCUT2D eigenvalue weighted by Gasteiger charge is 2.45. The molecule has 4 unspecified atom stereocenters. The van der Waals surface area contributed by atoms with Crippen LogP contribution in [0, 0.1) is 11.3 Å². The maximum Gasteiger partial charge on any atom is 0.212 e. The fourth-order valence-corrected chi connectivity index (χ4v) is 7.29. The third kappa shape index (κ3) is 4.03. The summed E-state index contributed by atoms with van der Waals surface area (Å²) in [7, 11) is 3.87. The molecule has 6 saturated heterocycles. The number of pyridine rings is 3. The zero-order valence-corrected chi connectivity index (χ0v) is 23.4. The number of anilines is 2. The molecule has 208 valence electrons. The van der Waals surface area contributed by atoms with Gasteiger partial charge in [-0.25, -0.2) is 14.5 Å². The van der Waals surface area contributed by atoms with Crippen LogP contribution in [-0.4, -0.2) is 93.9 Å². The lowest BCUT2D eigenvalue weighted by Crippen LogP contribution is -2.68. The van der Waals surface area contributed by atoms with E-state index in [1.165, 1.54) is 18.4 Å². The van der Waals surface area contributed by atoms with Crippen LogP contribution in [0.2, 0.25) is 0 Å². The molecule has 0 amide bonds. The van der Waals surface area contributed by atoms with Gasteiger partial charge in [-0.1, -0.05) is 6.07 Å². The van der Waals surface area contributed by atoms with Crippen LogP contribution in [0.25, 0.3) is 16.6 Å². The first-order chi connectivity index (χ1) is 20.1. The van der Waals surface area contributed by atoms with Crippen molar-refractivity contribution < 1.29 is 4.74 Å². The molecule has 41 heavy (non-hydrogen) atoms. The van der Waals surface area contributed by atoms with Gasteiger partial charge in [0.2, 0.25) is 5.88 Å². The fraction of sp³-hybridized carbons (Fsp3) is 0.419. The van der Waals surface area contributed by atoms with Gasteiger partial charge in [0, 0.05) is 86.5 Å². The van der Waals surface area contributed by atoms with Crippen LogP contribution in [0.15, 0.2) is 55.1 Å². The average molecular weight is 548 g/mol. The molecule has 6 aliphatic rings. The molecule has 0 N–H and O–H groups in total. The van der Waals surface area contributed by atoms with Gasteiger partial charge in [-0.05, 0) is 43.7 Å². The standard InChI is InChI=1S/C31H33N9O/c1-36-23-7-24(36)16-37(15-23)25-9-28(31-22(10-32)13-35-40(31)19-25)21-4-5-29(33-12-21)38-17-26-8-27(18-38)39(26)14-20-3-6-30(41-2)34-11-20/h3-6,9,11-13,19,23-24,26-27H,7-8,14-18H2,1-2H3. The van der Waals surface area contributed by atoms with E-state index in [9.17, 15) is 5.26 Å². The van der Waals surface area contributed by atoms with Gasteiger partial charge in [-0.15, -0.1) is 0 Å². The van der Waals surface area contributed by atoms with Crippen molar-refractivity contribution in [1.29, 1.82) is 5.26 Å². The predicted molar refractivity (Wildman–Crippen MR) is 156 cm³/mol. The monoisotopic (exact) mass is 547 g/mol. The first-order valence-corrected chi connectivity index (χ1v) is 14.4. The number of hydrogen-bond acceptors (Lipinski definition) is 9. The van der Waals surface area contributed by atoms with E-state index in [1.54, 1.807) is 13.3 Å². The summed E-state index contributed by atoms with van der Waals surface area (Å²) in [4.78, 5) is 19.2. The number of rotatable bonds is 6.